The zero-order chi connectivity index (χ0) is 13.8. The van der Waals surface area contributed by atoms with E-state index in [0.717, 1.165) is 4.47 Å². The molecule has 0 fully saturated rings. The number of hydrogen-bond acceptors (Lipinski definition) is 3. The van der Waals surface area contributed by atoms with Crippen LogP contribution in [0.25, 0.3) is 0 Å². The molecular formula is C13H20BrClN2O2. The minimum absolute atomic E-state index is 0. The van der Waals surface area contributed by atoms with E-state index in [1.54, 1.807) is 19.1 Å². The van der Waals surface area contributed by atoms with Crippen molar-refractivity contribution in [1.29, 1.82) is 0 Å². The molecule has 1 aromatic carbocycles. The van der Waals surface area contributed by atoms with Crippen LogP contribution in [0, 0.1) is 0 Å². The highest BCUT2D eigenvalue weighted by Gasteiger charge is 2.17. The van der Waals surface area contributed by atoms with Crippen molar-refractivity contribution in [2.45, 2.75) is 32.4 Å². The summed E-state index contributed by atoms with van der Waals surface area (Å²) in [5, 5.41) is 2.76. The Morgan fingerprint density at radius 2 is 1.95 bits per heavy atom. The molecule has 0 bridgehead atoms. The number of carbonyl (C=O) groups excluding carboxylic acids is 1. The van der Waals surface area contributed by atoms with E-state index in [9.17, 15) is 4.79 Å². The maximum Gasteiger partial charge on any atom is 0.260 e. The van der Waals surface area contributed by atoms with Gasteiger partial charge in [0.05, 0.1) is 0 Å². The van der Waals surface area contributed by atoms with Crippen LogP contribution in [0.3, 0.4) is 0 Å². The zero-order valence-electron chi connectivity index (χ0n) is 11.3. The Bertz CT molecular complexity index is 404. The van der Waals surface area contributed by atoms with Gasteiger partial charge in [0.15, 0.2) is 6.10 Å². The average molecular weight is 352 g/mol. The van der Waals surface area contributed by atoms with Gasteiger partial charge in [-0.05, 0) is 45.0 Å². The van der Waals surface area contributed by atoms with Crippen LogP contribution in [-0.4, -0.2) is 24.1 Å². The lowest BCUT2D eigenvalue weighted by atomic mass is 10.1. The summed E-state index contributed by atoms with van der Waals surface area (Å²) in [6.07, 6.45) is -0.548. The van der Waals surface area contributed by atoms with E-state index in [4.69, 9.17) is 10.5 Å². The van der Waals surface area contributed by atoms with E-state index in [-0.39, 0.29) is 18.3 Å². The van der Waals surface area contributed by atoms with Gasteiger partial charge >= 0.3 is 0 Å². The van der Waals surface area contributed by atoms with Gasteiger partial charge in [-0.2, -0.15) is 0 Å². The van der Waals surface area contributed by atoms with Crippen molar-refractivity contribution in [1.82, 2.24) is 5.32 Å². The van der Waals surface area contributed by atoms with E-state index in [1.807, 2.05) is 26.0 Å². The molecule has 3 N–H and O–H groups in total. The minimum Gasteiger partial charge on any atom is -0.481 e. The quantitative estimate of drug-likeness (QED) is 0.856. The monoisotopic (exact) mass is 350 g/mol. The van der Waals surface area contributed by atoms with Crippen LogP contribution in [0.4, 0.5) is 0 Å². The van der Waals surface area contributed by atoms with Crippen molar-refractivity contribution in [3.8, 4) is 5.75 Å². The summed E-state index contributed by atoms with van der Waals surface area (Å²) in [6.45, 7) is 5.84. The number of nitrogens with one attached hydrogen (secondary N) is 1. The van der Waals surface area contributed by atoms with E-state index in [1.165, 1.54) is 0 Å². The molecule has 1 aromatic rings. The number of nitrogens with two attached hydrogens (primary N) is 1. The molecule has 0 aliphatic rings. The van der Waals surface area contributed by atoms with Gasteiger partial charge in [0, 0.05) is 16.6 Å². The number of amides is 1. The number of ether oxygens (including phenoxy) is 1. The Morgan fingerprint density at radius 1 is 1.42 bits per heavy atom. The Morgan fingerprint density at radius 3 is 2.42 bits per heavy atom. The molecule has 0 aliphatic carbocycles. The zero-order valence-corrected chi connectivity index (χ0v) is 13.7. The van der Waals surface area contributed by atoms with Crippen molar-refractivity contribution in [2.75, 3.05) is 6.54 Å². The summed E-state index contributed by atoms with van der Waals surface area (Å²) < 4.78 is 6.49. The summed E-state index contributed by atoms with van der Waals surface area (Å²) in [4.78, 5) is 11.8. The molecule has 0 aliphatic heterocycles. The van der Waals surface area contributed by atoms with E-state index >= 15 is 0 Å². The van der Waals surface area contributed by atoms with Gasteiger partial charge < -0.3 is 15.8 Å². The number of hydrogen-bond donors (Lipinski definition) is 2. The van der Waals surface area contributed by atoms with E-state index in [2.05, 4.69) is 21.2 Å². The lowest BCUT2D eigenvalue weighted by Gasteiger charge is -2.21. The Hall–Kier alpha value is -0.780. The first-order valence-corrected chi connectivity index (χ1v) is 6.56. The lowest BCUT2D eigenvalue weighted by molar-refractivity contribution is -0.127. The molecule has 6 heteroatoms. The first-order valence-electron chi connectivity index (χ1n) is 5.77. The van der Waals surface area contributed by atoms with E-state index in [0.29, 0.717) is 12.3 Å². The summed E-state index contributed by atoms with van der Waals surface area (Å²) in [5.74, 6) is 0.490. The standard InChI is InChI=1S/C13H19BrN2O2.ClH/c1-9(12(17)16-8-13(2,3)15)18-11-6-4-10(14)5-7-11;/h4-7,9H,8,15H2,1-3H3,(H,16,17);1H. The average Bonchev–Trinajstić information content (AvgIpc) is 2.28. The molecule has 0 radical (unpaired) electrons. The predicted octanol–water partition coefficient (Wildman–Crippen LogP) is 2.49. The van der Waals surface area contributed by atoms with Crippen molar-refractivity contribution in [3.63, 3.8) is 0 Å². The number of rotatable bonds is 5. The van der Waals surface area contributed by atoms with Gasteiger partial charge in [-0.3, -0.25) is 4.79 Å². The van der Waals surface area contributed by atoms with Gasteiger partial charge in [-0.15, -0.1) is 12.4 Å². The van der Waals surface area contributed by atoms with Gasteiger partial charge in [0.25, 0.3) is 5.91 Å². The van der Waals surface area contributed by atoms with Crippen molar-refractivity contribution in [2.24, 2.45) is 5.73 Å². The third-order valence-corrected chi connectivity index (χ3v) is 2.74. The number of benzene rings is 1. The summed E-state index contributed by atoms with van der Waals surface area (Å²) in [7, 11) is 0. The molecule has 0 aromatic heterocycles. The Kier molecular flexibility index (Phi) is 7.41. The Labute approximate surface area is 128 Å². The maximum atomic E-state index is 11.8. The molecule has 1 unspecified atom stereocenters. The first kappa shape index (κ1) is 18.2. The SMILES string of the molecule is CC(Oc1ccc(Br)cc1)C(=O)NCC(C)(C)N.Cl. The second-order valence-corrected chi connectivity index (χ2v) is 5.84. The van der Waals surface area contributed by atoms with Crippen LogP contribution < -0.4 is 15.8 Å². The lowest BCUT2D eigenvalue weighted by Crippen LogP contribution is -2.48. The van der Waals surface area contributed by atoms with Crippen LogP contribution in [0.15, 0.2) is 28.7 Å². The van der Waals surface area contributed by atoms with Crippen LogP contribution in [0.1, 0.15) is 20.8 Å². The highest BCUT2D eigenvalue weighted by Crippen LogP contribution is 2.17. The molecular weight excluding hydrogens is 332 g/mol. The third kappa shape index (κ3) is 7.40. The van der Waals surface area contributed by atoms with E-state index < -0.39 is 11.6 Å². The van der Waals surface area contributed by atoms with Gasteiger partial charge in [-0.25, -0.2) is 0 Å². The molecule has 1 atom stereocenters. The fourth-order valence-corrected chi connectivity index (χ4v) is 1.49. The second kappa shape index (κ2) is 7.72. The molecule has 19 heavy (non-hydrogen) atoms. The molecule has 1 amide bonds. The number of halogens is 2. The molecule has 0 heterocycles. The fraction of sp³-hybridized carbons (Fsp3) is 0.462. The first-order chi connectivity index (χ1) is 8.28. The fourth-order valence-electron chi connectivity index (χ4n) is 1.23. The number of carbonyl (C=O) groups is 1. The smallest absolute Gasteiger partial charge is 0.260 e. The summed E-state index contributed by atoms with van der Waals surface area (Å²) in [5.41, 5.74) is 5.37. The highest BCUT2D eigenvalue weighted by atomic mass is 79.9. The topological polar surface area (TPSA) is 64.3 Å². The van der Waals surface area contributed by atoms with Gasteiger partial charge in [0.1, 0.15) is 5.75 Å². The maximum absolute atomic E-state index is 11.8. The molecule has 4 nitrogen and oxygen atoms in total. The predicted molar refractivity (Wildman–Crippen MR) is 82.8 cm³/mol. The highest BCUT2D eigenvalue weighted by molar-refractivity contribution is 9.10. The molecule has 108 valence electrons. The van der Waals surface area contributed by atoms with Gasteiger partial charge in [0.2, 0.25) is 0 Å². The third-order valence-electron chi connectivity index (χ3n) is 2.21. The van der Waals surface area contributed by atoms with Crippen LogP contribution in [-0.2, 0) is 4.79 Å². The molecule has 0 saturated heterocycles. The van der Waals surface area contributed by atoms with Gasteiger partial charge in [-0.1, -0.05) is 15.9 Å². The van der Waals surface area contributed by atoms with Crippen molar-refractivity contribution >= 4 is 34.2 Å². The molecule has 1 rings (SSSR count). The summed E-state index contributed by atoms with van der Waals surface area (Å²) in [6, 6.07) is 7.34. The van der Waals surface area contributed by atoms with Crippen molar-refractivity contribution in [3.05, 3.63) is 28.7 Å². The van der Waals surface area contributed by atoms with Crippen LogP contribution in [0.2, 0.25) is 0 Å². The van der Waals surface area contributed by atoms with Crippen LogP contribution in [0.5, 0.6) is 5.75 Å². The van der Waals surface area contributed by atoms with Crippen molar-refractivity contribution < 1.29 is 9.53 Å². The Balaban J connectivity index is 0.00000324. The molecule has 0 spiro atoms. The molecule has 0 saturated carbocycles. The second-order valence-electron chi connectivity index (χ2n) is 4.92. The normalized spacial score (nSPS) is 12.3. The summed E-state index contributed by atoms with van der Waals surface area (Å²) >= 11 is 3.34. The largest absolute Gasteiger partial charge is 0.481 e. The van der Waals surface area contributed by atoms with Crippen LogP contribution >= 0.6 is 28.3 Å². The minimum atomic E-state index is -0.548.